The van der Waals surface area contributed by atoms with Gasteiger partial charge >= 0.3 is 5.97 Å². The van der Waals surface area contributed by atoms with Gasteiger partial charge in [-0.3, -0.25) is 14.9 Å². The molecule has 0 saturated carbocycles. The molecule has 0 bridgehead atoms. The van der Waals surface area contributed by atoms with Crippen LogP contribution in [0.2, 0.25) is 0 Å². The van der Waals surface area contributed by atoms with Crippen LogP contribution in [0.25, 0.3) is 0 Å². The van der Waals surface area contributed by atoms with Crippen LogP contribution in [-0.2, 0) is 16.1 Å². The summed E-state index contributed by atoms with van der Waals surface area (Å²) in [5.41, 5.74) is 0.587. The summed E-state index contributed by atoms with van der Waals surface area (Å²) in [5, 5.41) is 13.7. The van der Waals surface area contributed by atoms with E-state index in [1.54, 1.807) is 13.8 Å². The Morgan fingerprint density at radius 1 is 1.50 bits per heavy atom. The first-order valence-corrected chi connectivity index (χ1v) is 6.20. The Labute approximate surface area is 117 Å². The molecule has 0 aromatic heterocycles. The lowest BCUT2D eigenvalue weighted by atomic mass is 10.1. The Hall–Kier alpha value is -2.15. The number of ether oxygens (including phenoxy) is 2. The van der Waals surface area contributed by atoms with Gasteiger partial charge < -0.3 is 14.8 Å². The first-order valence-electron chi connectivity index (χ1n) is 6.20. The zero-order chi connectivity index (χ0) is 15.1. The zero-order valence-electron chi connectivity index (χ0n) is 11.7. The van der Waals surface area contributed by atoms with Crippen LogP contribution < -0.4 is 10.1 Å². The highest BCUT2D eigenvalue weighted by molar-refractivity contribution is 5.75. The molecule has 0 aliphatic carbocycles. The van der Waals surface area contributed by atoms with Gasteiger partial charge in [0.05, 0.1) is 18.6 Å². The average molecular weight is 282 g/mol. The quantitative estimate of drug-likeness (QED) is 0.464. The van der Waals surface area contributed by atoms with Gasteiger partial charge in [-0.05, 0) is 19.9 Å². The molecule has 1 rings (SSSR count). The van der Waals surface area contributed by atoms with Crippen molar-refractivity contribution in [1.29, 1.82) is 0 Å². The summed E-state index contributed by atoms with van der Waals surface area (Å²) in [4.78, 5) is 21.7. The first-order chi connectivity index (χ1) is 9.49. The molecule has 0 heterocycles. The molecule has 1 aromatic rings. The zero-order valence-corrected chi connectivity index (χ0v) is 11.7. The maximum atomic E-state index is 11.5. The highest BCUT2D eigenvalue weighted by Crippen LogP contribution is 2.23. The van der Waals surface area contributed by atoms with Gasteiger partial charge in [0.1, 0.15) is 11.8 Å². The Balaban J connectivity index is 2.77. The number of esters is 1. The second-order valence-electron chi connectivity index (χ2n) is 4.11. The Morgan fingerprint density at radius 2 is 2.20 bits per heavy atom. The largest absolute Gasteiger partial charge is 0.496 e. The smallest absolute Gasteiger partial charge is 0.322 e. The highest BCUT2D eigenvalue weighted by atomic mass is 16.6. The fraction of sp³-hybridized carbons (Fsp3) is 0.462. The van der Waals surface area contributed by atoms with Gasteiger partial charge in [-0.1, -0.05) is 0 Å². The number of methoxy groups -OCH3 is 1. The number of nitro groups is 1. The maximum absolute atomic E-state index is 11.5. The molecule has 0 amide bonds. The van der Waals surface area contributed by atoms with Crippen LogP contribution in [0, 0.1) is 10.1 Å². The average Bonchev–Trinajstić information content (AvgIpc) is 2.44. The lowest BCUT2D eigenvalue weighted by Crippen LogP contribution is -2.35. The number of hydrogen-bond acceptors (Lipinski definition) is 6. The van der Waals surface area contributed by atoms with E-state index in [4.69, 9.17) is 9.47 Å². The van der Waals surface area contributed by atoms with Crippen LogP contribution in [0.1, 0.15) is 19.4 Å². The van der Waals surface area contributed by atoms with Crippen LogP contribution in [-0.4, -0.2) is 30.7 Å². The number of rotatable bonds is 7. The molecule has 1 aromatic carbocycles. The van der Waals surface area contributed by atoms with Crippen molar-refractivity contribution in [3.8, 4) is 5.75 Å². The molecule has 110 valence electrons. The van der Waals surface area contributed by atoms with Crippen molar-refractivity contribution in [1.82, 2.24) is 5.32 Å². The number of nitro benzene ring substituents is 1. The molecule has 1 atom stereocenters. The van der Waals surface area contributed by atoms with Gasteiger partial charge in [0.15, 0.2) is 0 Å². The molecule has 0 saturated heterocycles. The predicted molar refractivity (Wildman–Crippen MR) is 72.6 cm³/mol. The van der Waals surface area contributed by atoms with E-state index in [1.165, 1.54) is 25.3 Å². The Bertz CT molecular complexity index is 490. The van der Waals surface area contributed by atoms with E-state index in [0.717, 1.165) is 0 Å². The van der Waals surface area contributed by atoms with Gasteiger partial charge in [0.25, 0.3) is 5.69 Å². The Morgan fingerprint density at radius 3 is 2.75 bits per heavy atom. The first kappa shape index (κ1) is 15.9. The number of nitrogens with one attached hydrogen (secondary N) is 1. The molecule has 0 aliphatic rings. The monoisotopic (exact) mass is 282 g/mol. The summed E-state index contributed by atoms with van der Waals surface area (Å²) in [5.74, 6) is 0.163. The second kappa shape index (κ2) is 7.44. The van der Waals surface area contributed by atoms with Gasteiger partial charge in [0, 0.05) is 24.2 Å². The lowest BCUT2D eigenvalue weighted by molar-refractivity contribution is -0.384. The van der Waals surface area contributed by atoms with Crippen molar-refractivity contribution in [3.63, 3.8) is 0 Å². The van der Waals surface area contributed by atoms with E-state index in [9.17, 15) is 14.9 Å². The van der Waals surface area contributed by atoms with Crippen LogP contribution in [0.5, 0.6) is 5.75 Å². The summed E-state index contributed by atoms with van der Waals surface area (Å²) in [7, 11) is 1.49. The molecule has 20 heavy (non-hydrogen) atoms. The molecule has 0 radical (unpaired) electrons. The third-order valence-corrected chi connectivity index (χ3v) is 2.71. The van der Waals surface area contributed by atoms with Crippen molar-refractivity contribution in [2.24, 2.45) is 0 Å². The number of hydrogen-bond donors (Lipinski definition) is 1. The van der Waals surface area contributed by atoms with Crippen molar-refractivity contribution in [2.75, 3.05) is 13.7 Å². The van der Waals surface area contributed by atoms with E-state index < -0.39 is 11.0 Å². The van der Waals surface area contributed by atoms with Gasteiger partial charge in [-0.25, -0.2) is 0 Å². The molecular formula is C13H18N2O5. The molecule has 0 spiro atoms. The van der Waals surface area contributed by atoms with Crippen LogP contribution >= 0.6 is 0 Å². The minimum absolute atomic E-state index is 0.0219. The second-order valence-corrected chi connectivity index (χ2v) is 4.11. The SMILES string of the molecule is CCOC(=O)C(C)NCc1cc([N+](=O)[O-])ccc1OC. The highest BCUT2D eigenvalue weighted by Gasteiger charge is 2.16. The number of nitrogens with zero attached hydrogens (tertiary/aromatic N) is 1. The molecule has 7 heteroatoms. The number of benzene rings is 1. The topological polar surface area (TPSA) is 90.7 Å². The minimum Gasteiger partial charge on any atom is -0.496 e. The molecule has 0 fully saturated rings. The fourth-order valence-corrected chi connectivity index (χ4v) is 1.63. The normalized spacial score (nSPS) is 11.8. The van der Waals surface area contributed by atoms with Crippen molar-refractivity contribution in [2.45, 2.75) is 26.4 Å². The molecule has 7 nitrogen and oxygen atoms in total. The van der Waals surface area contributed by atoms with Crippen LogP contribution in [0.15, 0.2) is 18.2 Å². The van der Waals surface area contributed by atoms with E-state index in [-0.39, 0.29) is 18.2 Å². The minimum atomic E-state index is -0.501. The van der Waals surface area contributed by atoms with E-state index >= 15 is 0 Å². The predicted octanol–water partition coefficient (Wildman–Crippen LogP) is 1.64. The summed E-state index contributed by atoms with van der Waals surface area (Å²) in [6.45, 7) is 3.98. The number of non-ortho nitro benzene ring substituents is 1. The summed E-state index contributed by atoms with van der Waals surface area (Å²) >= 11 is 0. The van der Waals surface area contributed by atoms with Crippen LogP contribution in [0.3, 0.4) is 0 Å². The Kier molecular flexibility index (Phi) is 5.92. The lowest BCUT2D eigenvalue weighted by Gasteiger charge is -2.14. The molecular weight excluding hydrogens is 264 g/mol. The van der Waals surface area contributed by atoms with Crippen molar-refractivity contribution < 1.29 is 19.2 Å². The van der Waals surface area contributed by atoms with Gasteiger partial charge in [-0.15, -0.1) is 0 Å². The fourth-order valence-electron chi connectivity index (χ4n) is 1.63. The number of carbonyl (C=O) groups is 1. The van der Waals surface area contributed by atoms with Crippen LogP contribution in [0.4, 0.5) is 5.69 Å². The molecule has 1 N–H and O–H groups in total. The molecule has 0 aliphatic heterocycles. The maximum Gasteiger partial charge on any atom is 0.322 e. The number of carbonyl (C=O) groups excluding carboxylic acids is 1. The third kappa shape index (κ3) is 4.20. The van der Waals surface area contributed by atoms with Gasteiger partial charge in [0.2, 0.25) is 0 Å². The molecule has 1 unspecified atom stereocenters. The summed E-state index contributed by atoms with van der Waals surface area (Å²) in [6, 6.07) is 3.82. The van der Waals surface area contributed by atoms with E-state index in [0.29, 0.717) is 17.9 Å². The summed E-state index contributed by atoms with van der Waals surface area (Å²) in [6.07, 6.45) is 0. The van der Waals surface area contributed by atoms with Gasteiger partial charge in [-0.2, -0.15) is 0 Å². The summed E-state index contributed by atoms with van der Waals surface area (Å²) < 4.78 is 10.0. The standard InChI is InChI=1S/C13H18N2O5/c1-4-20-13(16)9(2)14-8-10-7-11(15(17)18)5-6-12(10)19-3/h5-7,9,14H,4,8H2,1-3H3. The van der Waals surface area contributed by atoms with E-state index in [1.807, 2.05) is 0 Å². The van der Waals surface area contributed by atoms with E-state index in [2.05, 4.69) is 5.32 Å². The third-order valence-electron chi connectivity index (χ3n) is 2.71. The van der Waals surface area contributed by atoms with Crippen molar-refractivity contribution in [3.05, 3.63) is 33.9 Å². The van der Waals surface area contributed by atoms with Crippen molar-refractivity contribution >= 4 is 11.7 Å².